The van der Waals surface area contributed by atoms with E-state index in [-0.39, 0.29) is 11.5 Å². The van der Waals surface area contributed by atoms with E-state index in [1.54, 1.807) is 20.8 Å². The van der Waals surface area contributed by atoms with Gasteiger partial charge in [0.05, 0.1) is 0 Å². The van der Waals surface area contributed by atoms with Gasteiger partial charge < -0.3 is 9.26 Å². The van der Waals surface area contributed by atoms with Crippen molar-refractivity contribution in [3.05, 3.63) is 41.5 Å². The van der Waals surface area contributed by atoms with E-state index in [0.717, 1.165) is 0 Å². The number of anilines is 1. The second kappa shape index (κ2) is 5.94. The average Bonchev–Trinajstić information content (AvgIpc) is 2.84. The molecule has 2 rings (SSSR count). The van der Waals surface area contributed by atoms with Crippen LogP contribution in [-0.2, 0) is 10.7 Å². The molecule has 0 spiro atoms. The van der Waals surface area contributed by atoms with Crippen LogP contribution in [0.25, 0.3) is 0 Å². The molecule has 0 saturated heterocycles. The first-order valence-electron chi connectivity index (χ1n) is 6.87. The third kappa shape index (κ3) is 4.24. The van der Waals surface area contributed by atoms with Crippen LogP contribution in [0.3, 0.4) is 0 Å². The van der Waals surface area contributed by atoms with Gasteiger partial charge in [0.1, 0.15) is 5.60 Å². The summed E-state index contributed by atoms with van der Waals surface area (Å²) in [7, 11) is 0. The Morgan fingerprint density at radius 2 is 1.83 bits per heavy atom. The lowest BCUT2D eigenvalue weighted by Crippen LogP contribution is -2.27. The minimum atomic E-state index is -3.39. The molecule has 8 heteroatoms. The zero-order valence-electron chi connectivity index (χ0n) is 13.2. The van der Waals surface area contributed by atoms with E-state index in [4.69, 9.17) is 4.74 Å². The van der Waals surface area contributed by atoms with Crippen LogP contribution in [0, 0.1) is 6.92 Å². The van der Waals surface area contributed by atoms with Crippen LogP contribution in [0.5, 0.6) is 0 Å². The Labute approximate surface area is 131 Å². The number of rotatable bonds is 3. The molecular formula is C15H17F2N3O3. The summed E-state index contributed by atoms with van der Waals surface area (Å²) < 4.78 is 38.1. The molecular weight excluding hydrogens is 308 g/mol. The largest absolute Gasteiger partial charge is 0.444 e. The minimum Gasteiger partial charge on any atom is -0.444 e. The van der Waals surface area contributed by atoms with Crippen LogP contribution in [0.2, 0.25) is 0 Å². The topological polar surface area (TPSA) is 77.2 Å². The number of hydrogen-bond donors (Lipinski definition) is 1. The van der Waals surface area contributed by atoms with Gasteiger partial charge in [0.2, 0.25) is 11.7 Å². The third-order valence-electron chi connectivity index (χ3n) is 2.70. The second-order valence-corrected chi connectivity index (χ2v) is 5.92. The van der Waals surface area contributed by atoms with Crippen molar-refractivity contribution in [1.82, 2.24) is 10.1 Å². The van der Waals surface area contributed by atoms with Crippen molar-refractivity contribution >= 4 is 11.8 Å². The smallest absolute Gasteiger partial charge is 0.412 e. The molecule has 0 aliphatic carbocycles. The van der Waals surface area contributed by atoms with Gasteiger partial charge in [-0.25, -0.2) is 4.79 Å². The lowest BCUT2D eigenvalue weighted by atomic mass is 10.1. The van der Waals surface area contributed by atoms with Crippen LogP contribution in [-0.4, -0.2) is 21.8 Å². The molecule has 0 aliphatic heterocycles. The van der Waals surface area contributed by atoms with Crippen LogP contribution < -0.4 is 5.32 Å². The molecule has 6 nitrogen and oxygen atoms in total. The zero-order valence-corrected chi connectivity index (χ0v) is 13.2. The third-order valence-corrected chi connectivity index (χ3v) is 2.70. The molecule has 0 aliphatic rings. The first kappa shape index (κ1) is 16.9. The number of aryl methyl sites for hydroxylation is 1. The summed E-state index contributed by atoms with van der Waals surface area (Å²) >= 11 is 0. The van der Waals surface area contributed by atoms with Gasteiger partial charge >= 0.3 is 12.0 Å². The number of halogens is 2. The fourth-order valence-electron chi connectivity index (χ4n) is 1.74. The van der Waals surface area contributed by atoms with Gasteiger partial charge in [0.15, 0.2) is 0 Å². The Kier molecular flexibility index (Phi) is 4.35. The van der Waals surface area contributed by atoms with Crippen molar-refractivity contribution in [2.24, 2.45) is 0 Å². The van der Waals surface area contributed by atoms with Crippen LogP contribution in [0.4, 0.5) is 19.3 Å². The predicted molar refractivity (Wildman–Crippen MR) is 78.3 cm³/mol. The Morgan fingerprint density at radius 1 is 1.22 bits per heavy atom. The molecule has 0 unspecified atom stereocenters. The van der Waals surface area contributed by atoms with Crippen molar-refractivity contribution in [3.63, 3.8) is 0 Å². The monoisotopic (exact) mass is 325 g/mol. The second-order valence-electron chi connectivity index (χ2n) is 5.92. The van der Waals surface area contributed by atoms with Gasteiger partial charge in [-0.05, 0) is 32.9 Å². The van der Waals surface area contributed by atoms with Gasteiger partial charge in [0.25, 0.3) is 0 Å². The lowest BCUT2D eigenvalue weighted by molar-refractivity contribution is 0.0304. The van der Waals surface area contributed by atoms with Gasteiger partial charge in [0, 0.05) is 18.2 Å². The molecule has 1 aromatic carbocycles. The molecule has 0 fully saturated rings. The van der Waals surface area contributed by atoms with Crippen molar-refractivity contribution in [3.8, 4) is 0 Å². The molecule has 0 saturated carbocycles. The van der Waals surface area contributed by atoms with Crippen molar-refractivity contribution in [1.29, 1.82) is 0 Å². The lowest BCUT2D eigenvalue weighted by Gasteiger charge is -2.20. The Balaban J connectivity index is 2.12. The van der Waals surface area contributed by atoms with Gasteiger partial charge in [-0.3, -0.25) is 5.32 Å². The van der Waals surface area contributed by atoms with E-state index < -0.39 is 23.4 Å². The van der Waals surface area contributed by atoms with E-state index in [9.17, 15) is 13.6 Å². The summed E-state index contributed by atoms with van der Waals surface area (Å²) in [5.74, 6) is -4.03. The summed E-state index contributed by atoms with van der Waals surface area (Å²) in [6, 6.07) is 5.05. The fourth-order valence-corrected chi connectivity index (χ4v) is 1.74. The number of aromatic nitrogens is 2. The highest BCUT2D eigenvalue weighted by Crippen LogP contribution is 2.34. The van der Waals surface area contributed by atoms with Crippen LogP contribution in [0.1, 0.15) is 38.0 Å². The van der Waals surface area contributed by atoms with E-state index in [1.807, 2.05) is 0 Å². The molecule has 23 heavy (non-hydrogen) atoms. The van der Waals surface area contributed by atoms with Crippen LogP contribution >= 0.6 is 0 Å². The molecule has 2 aromatic rings. The number of hydrogen-bond acceptors (Lipinski definition) is 5. The highest BCUT2D eigenvalue weighted by molar-refractivity contribution is 5.84. The highest BCUT2D eigenvalue weighted by Gasteiger charge is 2.39. The summed E-state index contributed by atoms with van der Waals surface area (Å²) in [6.07, 6.45) is -0.661. The Bertz CT molecular complexity index is 691. The number of amides is 1. The number of carbonyl (C=O) groups excluding carboxylic acids is 1. The number of ether oxygens (including phenoxy) is 1. The van der Waals surface area contributed by atoms with E-state index in [1.165, 1.54) is 31.2 Å². The molecule has 1 N–H and O–H groups in total. The number of alkyl halides is 2. The van der Waals surface area contributed by atoms with E-state index in [2.05, 4.69) is 20.0 Å². The molecule has 1 heterocycles. The summed E-state index contributed by atoms with van der Waals surface area (Å²) in [5, 5.41) is 5.71. The predicted octanol–water partition coefficient (Wildman–Crippen LogP) is 3.87. The summed E-state index contributed by atoms with van der Waals surface area (Å²) in [4.78, 5) is 15.2. The number of nitrogens with one attached hydrogen (secondary N) is 1. The normalized spacial score (nSPS) is 12.1. The first-order valence-corrected chi connectivity index (χ1v) is 6.87. The molecule has 0 radical (unpaired) electrons. The molecule has 0 atom stereocenters. The summed E-state index contributed by atoms with van der Waals surface area (Å²) in [6.45, 7) is 6.61. The number of nitrogens with zero attached hydrogens (tertiary/aromatic N) is 2. The average molecular weight is 325 g/mol. The van der Waals surface area contributed by atoms with Gasteiger partial charge in [-0.2, -0.15) is 13.8 Å². The Morgan fingerprint density at radius 3 is 2.30 bits per heavy atom. The van der Waals surface area contributed by atoms with Crippen LogP contribution in [0.15, 0.2) is 28.8 Å². The molecule has 124 valence electrons. The minimum absolute atomic E-state index is 0.0582. The first-order chi connectivity index (χ1) is 10.6. The van der Waals surface area contributed by atoms with E-state index >= 15 is 0 Å². The van der Waals surface area contributed by atoms with Crippen molar-refractivity contribution in [2.75, 3.05) is 5.32 Å². The highest BCUT2D eigenvalue weighted by atomic mass is 19.3. The number of carbonyl (C=O) groups is 1. The fraction of sp³-hybridized carbons (Fsp3) is 0.400. The van der Waals surface area contributed by atoms with Crippen molar-refractivity contribution < 1.29 is 22.8 Å². The molecule has 1 amide bonds. The molecule has 1 aromatic heterocycles. The molecule has 0 bridgehead atoms. The SMILES string of the molecule is Cc1nc(C(F)(F)c2ccc(NC(=O)OC(C)(C)C)cc2)no1. The maximum absolute atomic E-state index is 14.2. The van der Waals surface area contributed by atoms with Crippen molar-refractivity contribution in [2.45, 2.75) is 39.2 Å². The number of benzene rings is 1. The zero-order chi connectivity index (χ0) is 17.3. The van der Waals surface area contributed by atoms with Gasteiger partial charge in [-0.1, -0.05) is 17.3 Å². The van der Waals surface area contributed by atoms with E-state index in [0.29, 0.717) is 5.69 Å². The Hall–Kier alpha value is -2.51. The summed E-state index contributed by atoms with van der Waals surface area (Å²) in [5.41, 5.74) is -0.621. The standard InChI is InChI=1S/C15H17F2N3O3/c1-9-18-12(20-23-9)15(16,17)10-5-7-11(8-6-10)19-13(21)22-14(2,3)4/h5-8H,1-4H3,(H,19,21). The van der Waals surface area contributed by atoms with Gasteiger partial charge in [-0.15, -0.1) is 0 Å². The quantitative estimate of drug-likeness (QED) is 0.927. The maximum atomic E-state index is 14.2. The maximum Gasteiger partial charge on any atom is 0.412 e.